The minimum Gasteiger partial charge on any atom is -0.482 e. The third-order valence-electron chi connectivity index (χ3n) is 2.61. The summed E-state index contributed by atoms with van der Waals surface area (Å²) < 4.78 is 5.29. The van der Waals surface area contributed by atoms with Gasteiger partial charge in [0.2, 0.25) is 0 Å². The van der Waals surface area contributed by atoms with E-state index in [1.807, 2.05) is 19.1 Å². The van der Waals surface area contributed by atoms with E-state index in [1.165, 1.54) is 4.90 Å². The zero-order chi connectivity index (χ0) is 12.4. The Labute approximate surface area is 98.6 Å². The highest BCUT2D eigenvalue weighted by Crippen LogP contribution is 2.32. The van der Waals surface area contributed by atoms with E-state index in [1.54, 1.807) is 6.07 Å². The predicted molar refractivity (Wildman–Crippen MR) is 61.3 cm³/mol. The van der Waals surface area contributed by atoms with Gasteiger partial charge < -0.3 is 14.7 Å². The number of nitrogens with zero attached hydrogens (tertiary/aromatic N) is 1. The molecule has 1 amide bonds. The molecule has 0 unspecified atom stereocenters. The van der Waals surface area contributed by atoms with Crippen LogP contribution >= 0.6 is 0 Å². The second-order valence-corrected chi connectivity index (χ2v) is 3.95. The van der Waals surface area contributed by atoms with Gasteiger partial charge in [-0.15, -0.1) is 0 Å². The summed E-state index contributed by atoms with van der Waals surface area (Å²) in [5, 5.41) is 8.66. The Morgan fingerprint density at radius 1 is 1.53 bits per heavy atom. The molecule has 1 aromatic rings. The SMILES string of the molecule is Cc1ccc2c(c1)N(CCC(=O)O)C(=O)CO2. The van der Waals surface area contributed by atoms with Crippen molar-refractivity contribution in [2.45, 2.75) is 13.3 Å². The second-order valence-electron chi connectivity index (χ2n) is 3.95. The molecule has 90 valence electrons. The van der Waals surface area contributed by atoms with Crippen molar-refractivity contribution in [3.63, 3.8) is 0 Å². The molecule has 2 rings (SSSR count). The lowest BCUT2D eigenvalue weighted by molar-refractivity contribution is -0.136. The minimum absolute atomic E-state index is 0.0321. The maximum absolute atomic E-state index is 11.7. The normalized spacial score (nSPS) is 14.2. The minimum atomic E-state index is -0.918. The Morgan fingerprint density at radius 2 is 2.29 bits per heavy atom. The van der Waals surface area contributed by atoms with Crippen LogP contribution in [0.15, 0.2) is 18.2 Å². The van der Waals surface area contributed by atoms with Gasteiger partial charge in [0.1, 0.15) is 5.75 Å². The smallest absolute Gasteiger partial charge is 0.305 e. The fraction of sp³-hybridized carbons (Fsp3) is 0.333. The van der Waals surface area contributed by atoms with Gasteiger partial charge in [0.25, 0.3) is 5.91 Å². The van der Waals surface area contributed by atoms with Crippen molar-refractivity contribution < 1.29 is 19.4 Å². The summed E-state index contributed by atoms with van der Waals surface area (Å²) in [6, 6.07) is 5.52. The third-order valence-corrected chi connectivity index (χ3v) is 2.61. The van der Waals surface area contributed by atoms with Gasteiger partial charge >= 0.3 is 5.97 Å². The molecule has 0 atom stereocenters. The Bertz CT molecular complexity index is 470. The first kappa shape index (κ1) is 11.4. The molecule has 0 fully saturated rings. The Kier molecular flexibility index (Phi) is 2.99. The molecule has 1 aliphatic heterocycles. The standard InChI is InChI=1S/C12H13NO4/c1-8-2-3-10-9(6-8)13(5-4-12(15)16)11(14)7-17-10/h2-3,6H,4-5,7H2,1H3,(H,15,16). The Morgan fingerprint density at radius 3 is 3.00 bits per heavy atom. The highest BCUT2D eigenvalue weighted by molar-refractivity contribution is 5.98. The lowest BCUT2D eigenvalue weighted by Gasteiger charge is -2.29. The van der Waals surface area contributed by atoms with Crippen molar-refractivity contribution in [2.24, 2.45) is 0 Å². The number of carboxylic acids is 1. The number of hydrogen-bond donors (Lipinski definition) is 1. The van der Waals surface area contributed by atoms with E-state index in [0.717, 1.165) is 5.56 Å². The van der Waals surface area contributed by atoms with Crippen molar-refractivity contribution in [3.05, 3.63) is 23.8 Å². The summed E-state index contributed by atoms with van der Waals surface area (Å²) in [6.07, 6.45) is -0.0703. The van der Waals surface area contributed by atoms with Gasteiger partial charge in [0.05, 0.1) is 12.1 Å². The molecule has 0 spiro atoms. The average molecular weight is 235 g/mol. The maximum Gasteiger partial charge on any atom is 0.305 e. The molecule has 0 bridgehead atoms. The van der Waals surface area contributed by atoms with Crippen LogP contribution in [0, 0.1) is 6.92 Å². The molecule has 0 radical (unpaired) electrons. The predicted octanol–water partition coefficient (Wildman–Crippen LogP) is 1.20. The van der Waals surface area contributed by atoms with Crippen LogP contribution in [-0.4, -0.2) is 30.1 Å². The van der Waals surface area contributed by atoms with Crippen LogP contribution < -0.4 is 9.64 Å². The van der Waals surface area contributed by atoms with Crippen LogP contribution in [0.1, 0.15) is 12.0 Å². The summed E-state index contributed by atoms with van der Waals surface area (Å²) in [4.78, 5) is 23.7. The topological polar surface area (TPSA) is 66.8 Å². The van der Waals surface area contributed by atoms with E-state index < -0.39 is 5.97 Å². The first-order valence-corrected chi connectivity index (χ1v) is 5.33. The van der Waals surface area contributed by atoms with E-state index in [4.69, 9.17) is 9.84 Å². The molecule has 5 heteroatoms. The monoisotopic (exact) mass is 235 g/mol. The first-order valence-electron chi connectivity index (χ1n) is 5.33. The molecule has 0 saturated carbocycles. The number of carbonyl (C=O) groups is 2. The molecule has 1 aromatic carbocycles. The van der Waals surface area contributed by atoms with Crippen molar-refractivity contribution in [1.29, 1.82) is 0 Å². The van der Waals surface area contributed by atoms with Crippen molar-refractivity contribution in [1.82, 2.24) is 0 Å². The zero-order valence-corrected chi connectivity index (χ0v) is 9.47. The quantitative estimate of drug-likeness (QED) is 0.854. The van der Waals surface area contributed by atoms with Crippen LogP contribution in [-0.2, 0) is 9.59 Å². The van der Waals surface area contributed by atoms with E-state index in [-0.39, 0.29) is 25.5 Å². The number of benzene rings is 1. The summed E-state index contributed by atoms with van der Waals surface area (Å²) >= 11 is 0. The number of aliphatic carboxylic acids is 1. The van der Waals surface area contributed by atoms with E-state index in [2.05, 4.69) is 0 Å². The van der Waals surface area contributed by atoms with Crippen molar-refractivity contribution in [3.8, 4) is 5.75 Å². The lowest BCUT2D eigenvalue weighted by atomic mass is 10.1. The second kappa shape index (κ2) is 4.45. The highest BCUT2D eigenvalue weighted by atomic mass is 16.5. The third kappa shape index (κ3) is 2.38. The van der Waals surface area contributed by atoms with Crippen molar-refractivity contribution >= 4 is 17.6 Å². The van der Waals surface area contributed by atoms with Crippen molar-refractivity contribution in [2.75, 3.05) is 18.1 Å². The van der Waals surface area contributed by atoms with E-state index >= 15 is 0 Å². The number of fused-ring (bicyclic) bond motifs is 1. The van der Waals surface area contributed by atoms with Gasteiger partial charge in [-0.1, -0.05) is 6.07 Å². The van der Waals surface area contributed by atoms with E-state index in [9.17, 15) is 9.59 Å². The number of ether oxygens (including phenoxy) is 1. The van der Waals surface area contributed by atoms with Gasteiger partial charge in [-0.2, -0.15) is 0 Å². The van der Waals surface area contributed by atoms with Crippen LogP contribution in [0.5, 0.6) is 5.75 Å². The molecular formula is C12H13NO4. The van der Waals surface area contributed by atoms with Crippen LogP contribution in [0.25, 0.3) is 0 Å². The van der Waals surface area contributed by atoms with Crippen LogP contribution in [0.2, 0.25) is 0 Å². The summed E-state index contributed by atoms with van der Waals surface area (Å²) in [7, 11) is 0. The van der Waals surface area contributed by atoms with Gasteiger partial charge in [-0.25, -0.2) is 0 Å². The highest BCUT2D eigenvalue weighted by Gasteiger charge is 2.25. The number of carbonyl (C=O) groups excluding carboxylic acids is 1. The molecule has 5 nitrogen and oxygen atoms in total. The number of anilines is 1. The van der Waals surface area contributed by atoms with Crippen LogP contribution in [0.3, 0.4) is 0 Å². The summed E-state index contributed by atoms with van der Waals surface area (Å²) in [6.45, 7) is 2.05. The molecule has 0 aromatic heterocycles. The number of hydrogen-bond acceptors (Lipinski definition) is 3. The number of aryl methyl sites for hydroxylation is 1. The van der Waals surface area contributed by atoms with Gasteiger partial charge in [0.15, 0.2) is 6.61 Å². The molecule has 1 heterocycles. The number of rotatable bonds is 3. The largest absolute Gasteiger partial charge is 0.482 e. The number of carboxylic acid groups (broad SMARTS) is 1. The molecular weight excluding hydrogens is 222 g/mol. The van der Waals surface area contributed by atoms with Gasteiger partial charge in [-0.05, 0) is 24.6 Å². The Balaban J connectivity index is 2.28. The summed E-state index contributed by atoms with van der Waals surface area (Å²) in [5.41, 5.74) is 1.66. The van der Waals surface area contributed by atoms with Gasteiger partial charge in [-0.3, -0.25) is 9.59 Å². The molecule has 1 N–H and O–H groups in total. The first-order chi connectivity index (χ1) is 8.08. The fourth-order valence-corrected chi connectivity index (χ4v) is 1.76. The Hall–Kier alpha value is -2.04. The molecule has 0 saturated heterocycles. The molecule has 17 heavy (non-hydrogen) atoms. The maximum atomic E-state index is 11.7. The fourth-order valence-electron chi connectivity index (χ4n) is 1.76. The number of amides is 1. The summed E-state index contributed by atoms with van der Waals surface area (Å²) in [5.74, 6) is -0.497. The zero-order valence-electron chi connectivity index (χ0n) is 9.47. The molecule has 0 aliphatic carbocycles. The van der Waals surface area contributed by atoms with E-state index in [0.29, 0.717) is 11.4 Å². The van der Waals surface area contributed by atoms with Crippen LogP contribution in [0.4, 0.5) is 5.69 Å². The van der Waals surface area contributed by atoms with Gasteiger partial charge in [0, 0.05) is 6.54 Å². The average Bonchev–Trinajstić information content (AvgIpc) is 2.27. The molecule has 1 aliphatic rings. The lowest BCUT2D eigenvalue weighted by Crippen LogP contribution is -2.40.